The van der Waals surface area contributed by atoms with Gasteiger partial charge >= 0.3 is 0 Å². The third kappa shape index (κ3) is 1.94. The lowest BCUT2D eigenvalue weighted by molar-refractivity contribution is 0.265. The maximum absolute atomic E-state index is 13.8. The van der Waals surface area contributed by atoms with E-state index in [1.807, 2.05) is 0 Å². The lowest BCUT2D eigenvalue weighted by atomic mass is 9.85. The van der Waals surface area contributed by atoms with E-state index in [1.165, 1.54) is 25.3 Å². The Balaban J connectivity index is 1.93. The Bertz CT molecular complexity index is 561. The molecule has 1 heterocycles. The number of rotatable bonds is 3. The van der Waals surface area contributed by atoms with Crippen LogP contribution in [0.15, 0.2) is 18.2 Å². The average molecular weight is 247 g/mol. The van der Waals surface area contributed by atoms with Gasteiger partial charge in [0.05, 0.1) is 5.56 Å². The molecule has 6 heteroatoms. The summed E-state index contributed by atoms with van der Waals surface area (Å²) in [7, 11) is 0. The first-order valence-corrected chi connectivity index (χ1v) is 6.05. The van der Waals surface area contributed by atoms with Crippen LogP contribution in [0.5, 0.6) is 0 Å². The van der Waals surface area contributed by atoms with E-state index in [0.717, 1.165) is 6.54 Å². The zero-order chi connectivity index (χ0) is 12.5. The van der Waals surface area contributed by atoms with Crippen molar-refractivity contribution in [2.24, 2.45) is 5.92 Å². The van der Waals surface area contributed by atoms with Crippen LogP contribution in [0.25, 0.3) is 11.4 Å². The molecule has 1 aromatic heterocycles. The molecule has 0 saturated heterocycles. The molecular weight excluding hydrogens is 233 g/mol. The minimum Gasteiger partial charge on any atom is -0.399 e. The van der Waals surface area contributed by atoms with Gasteiger partial charge in [0.2, 0.25) is 0 Å². The molecule has 1 aromatic carbocycles. The van der Waals surface area contributed by atoms with Crippen molar-refractivity contribution >= 4 is 5.69 Å². The van der Waals surface area contributed by atoms with E-state index in [2.05, 4.69) is 15.5 Å². The standard InChI is InChI=1S/C12H14FN5/c13-11-6-9(14)4-5-10(11)12-15-16-17-18(12)7-8-2-1-3-8/h4-6,8H,1-3,7,14H2. The Morgan fingerprint density at radius 1 is 1.39 bits per heavy atom. The molecule has 0 spiro atoms. The first-order valence-electron chi connectivity index (χ1n) is 6.05. The number of aromatic nitrogens is 4. The maximum Gasteiger partial charge on any atom is 0.184 e. The number of nitrogen functional groups attached to an aromatic ring is 1. The summed E-state index contributed by atoms with van der Waals surface area (Å²) >= 11 is 0. The van der Waals surface area contributed by atoms with Crippen LogP contribution in [-0.2, 0) is 6.54 Å². The largest absolute Gasteiger partial charge is 0.399 e. The number of nitrogens with zero attached hydrogens (tertiary/aromatic N) is 4. The van der Waals surface area contributed by atoms with E-state index < -0.39 is 0 Å². The molecule has 0 radical (unpaired) electrons. The third-order valence-corrected chi connectivity index (χ3v) is 3.42. The molecule has 1 aliphatic carbocycles. The van der Waals surface area contributed by atoms with Crippen molar-refractivity contribution < 1.29 is 4.39 Å². The highest BCUT2D eigenvalue weighted by Gasteiger charge is 2.21. The van der Waals surface area contributed by atoms with Gasteiger partial charge < -0.3 is 5.73 Å². The Labute approximate surface area is 104 Å². The first-order chi connectivity index (χ1) is 8.74. The predicted octanol–water partition coefficient (Wildman–Crippen LogP) is 1.86. The monoisotopic (exact) mass is 247 g/mol. The van der Waals surface area contributed by atoms with Gasteiger partial charge in [-0.3, -0.25) is 0 Å². The van der Waals surface area contributed by atoms with Gasteiger partial charge in [-0.25, -0.2) is 9.07 Å². The summed E-state index contributed by atoms with van der Waals surface area (Å²) in [5.41, 5.74) is 6.33. The van der Waals surface area contributed by atoms with Crippen LogP contribution in [-0.4, -0.2) is 20.2 Å². The molecule has 1 fully saturated rings. The molecule has 5 nitrogen and oxygen atoms in total. The van der Waals surface area contributed by atoms with E-state index in [-0.39, 0.29) is 5.82 Å². The predicted molar refractivity (Wildman–Crippen MR) is 65.0 cm³/mol. The van der Waals surface area contributed by atoms with Gasteiger partial charge in [-0.2, -0.15) is 0 Å². The molecule has 0 unspecified atom stereocenters. The van der Waals surface area contributed by atoms with Crippen molar-refractivity contribution in [3.05, 3.63) is 24.0 Å². The Kier molecular flexibility index (Phi) is 2.70. The highest BCUT2D eigenvalue weighted by Crippen LogP contribution is 2.29. The van der Waals surface area contributed by atoms with Gasteiger partial charge in [0.25, 0.3) is 0 Å². The number of halogens is 1. The first kappa shape index (κ1) is 11.1. The Morgan fingerprint density at radius 3 is 2.89 bits per heavy atom. The van der Waals surface area contributed by atoms with Gasteiger partial charge in [0.1, 0.15) is 5.82 Å². The Morgan fingerprint density at radius 2 is 2.22 bits per heavy atom. The topological polar surface area (TPSA) is 69.6 Å². The summed E-state index contributed by atoms with van der Waals surface area (Å²) < 4.78 is 15.5. The quantitative estimate of drug-likeness (QED) is 0.840. The highest BCUT2D eigenvalue weighted by molar-refractivity contribution is 5.59. The van der Waals surface area contributed by atoms with E-state index in [9.17, 15) is 4.39 Å². The number of benzene rings is 1. The summed E-state index contributed by atoms with van der Waals surface area (Å²) in [6.07, 6.45) is 3.66. The molecule has 0 atom stereocenters. The summed E-state index contributed by atoms with van der Waals surface area (Å²) in [5, 5.41) is 11.5. The lowest BCUT2D eigenvalue weighted by Gasteiger charge is -2.25. The second-order valence-electron chi connectivity index (χ2n) is 4.72. The van der Waals surface area contributed by atoms with Crippen molar-refractivity contribution in [2.75, 3.05) is 5.73 Å². The van der Waals surface area contributed by atoms with Crippen LogP contribution in [0.3, 0.4) is 0 Å². The molecular formula is C12H14FN5. The maximum atomic E-state index is 13.8. The van der Waals surface area contributed by atoms with Crippen molar-refractivity contribution in [1.82, 2.24) is 20.2 Å². The second-order valence-corrected chi connectivity index (χ2v) is 4.72. The molecule has 0 amide bonds. The lowest BCUT2D eigenvalue weighted by Crippen LogP contribution is -2.19. The summed E-state index contributed by atoms with van der Waals surface area (Å²) in [6.45, 7) is 0.756. The highest BCUT2D eigenvalue weighted by atomic mass is 19.1. The minimum absolute atomic E-state index is 0.389. The van der Waals surface area contributed by atoms with Crippen molar-refractivity contribution in [3.8, 4) is 11.4 Å². The van der Waals surface area contributed by atoms with Gasteiger partial charge in [-0.1, -0.05) is 6.42 Å². The molecule has 2 N–H and O–H groups in total. The Hall–Kier alpha value is -1.98. The second kappa shape index (κ2) is 4.36. The van der Waals surface area contributed by atoms with Gasteiger partial charge in [0, 0.05) is 12.2 Å². The van der Waals surface area contributed by atoms with Crippen molar-refractivity contribution in [3.63, 3.8) is 0 Å². The molecule has 18 heavy (non-hydrogen) atoms. The zero-order valence-corrected chi connectivity index (χ0v) is 9.88. The molecule has 0 aliphatic heterocycles. The fourth-order valence-corrected chi connectivity index (χ4v) is 2.15. The van der Waals surface area contributed by atoms with Crippen LogP contribution in [0.4, 0.5) is 10.1 Å². The van der Waals surface area contributed by atoms with Crippen molar-refractivity contribution in [2.45, 2.75) is 25.8 Å². The fraction of sp³-hybridized carbons (Fsp3) is 0.417. The van der Waals surface area contributed by atoms with Gasteiger partial charge in [0.15, 0.2) is 5.82 Å². The van der Waals surface area contributed by atoms with E-state index in [0.29, 0.717) is 23.0 Å². The van der Waals surface area contributed by atoms with Gasteiger partial charge in [-0.15, -0.1) is 5.10 Å². The third-order valence-electron chi connectivity index (χ3n) is 3.42. The summed E-state index contributed by atoms with van der Waals surface area (Å²) in [6, 6.07) is 4.56. The molecule has 94 valence electrons. The fourth-order valence-electron chi connectivity index (χ4n) is 2.15. The molecule has 1 aliphatic rings. The number of tetrazole rings is 1. The normalized spacial score (nSPS) is 15.6. The average Bonchev–Trinajstić information content (AvgIpc) is 2.71. The van der Waals surface area contributed by atoms with Gasteiger partial charge in [-0.05, 0) is 47.4 Å². The molecule has 3 rings (SSSR count). The zero-order valence-electron chi connectivity index (χ0n) is 9.88. The smallest absolute Gasteiger partial charge is 0.184 e. The molecule has 1 saturated carbocycles. The van der Waals surface area contributed by atoms with Crippen LogP contribution in [0, 0.1) is 11.7 Å². The van der Waals surface area contributed by atoms with Crippen LogP contribution >= 0.6 is 0 Å². The number of anilines is 1. The number of hydrogen-bond acceptors (Lipinski definition) is 4. The van der Waals surface area contributed by atoms with E-state index in [1.54, 1.807) is 16.8 Å². The summed E-state index contributed by atoms with van der Waals surface area (Å²) in [4.78, 5) is 0. The number of hydrogen-bond donors (Lipinski definition) is 1. The minimum atomic E-state index is -0.389. The van der Waals surface area contributed by atoms with Crippen LogP contribution in [0.2, 0.25) is 0 Å². The van der Waals surface area contributed by atoms with E-state index in [4.69, 9.17) is 5.73 Å². The van der Waals surface area contributed by atoms with Crippen molar-refractivity contribution in [1.29, 1.82) is 0 Å². The van der Waals surface area contributed by atoms with Crippen LogP contribution in [0.1, 0.15) is 19.3 Å². The van der Waals surface area contributed by atoms with E-state index >= 15 is 0 Å². The number of nitrogens with two attached hydrogens (primary N) is 1. The molecule has 0 bridgehead atoms. The molecule has 2 aromatic rings. The summed E-state index contributed by atoms with van der Waals surface area (Å²) in [5.74, 6) is 0.697. The van der Waals surface area contributed by atoms with Crippen LogP contribution < -0.4 is 5.73 Å². The SMILES string of the molecule is Nc1ccc(-c2nnnn2CC2CCC2)c(F)c1.